The number of anilines is 1. The van der Waals surface area contributed by atoms with Crippen molar-refractivity contribution < 1.29 is 9.53 Å². The Balaban J connectivity index is 1.22. The number of aromatic nitrogens is 2. The normalized spacial score (nSPS) is 11.3. The van der Waals surface area contributed by atoms with Gasteiger partial charge in [0.15, 0.2) is 5.11 Å². The van der Waals surface area contributed by atoms with Crippen molar-refractivity contribution in [3.8, 4) is 11.8 Å². The van der Waals surface area contributed by atoms with Crippen molar-refractivity contribution in [2.45, 2.75) is 38.6 Å². The molecule has 0 unspecified atom stereocenters. The number of nitrogens with zero attached hydrogens (tertiary/aromatic N) is 4. The number of rotatable bonds is 15. The Morgan fingerprint density at radius 2 is 1.57 bits per heavy atom. The van der Waals surface area contributed by atoms with Gasteiger partial charge in [0, 0.05) is 37.2 Å². The largest absolute Gasteiger partial charge is 0.489 e. The van der Waals surface area contributed by atoms with Crippen molar-refractivity contribution in [2.24, 2.45) is 0 Å². The van der Waals surface area contributed by atoms with Gasteiger partial charge in [0.1, 0.15) is 12.4 Å². The molecule has 0 aliphatic heterocycles. The molecule has 1 aromatic heterocycles. The van der Waals surface area contributed by atoms with Gasteiger partial charge in [0.05, 0.1) is 40.5 Å². The molecule has 5 aromatic carbocycles. The summed E-state index contributed by atoms with van der Waals surface area (Å²) in [4.78, 5) is 20.2. The average molecular weight is 774 g/mol. The van der Waals surface area contributed by atoms with Gasteiger partial charge < -0.3 is 24.8 Å². The first-order valence-electron chi connectivity index (χ1n) is 17.4. The van der Waals surface area contributed by atoms with Crippen LogP contribution in [0.25, 0.3) is 0 Å². The van der Waals surface area contributed by atoms with E-state index in [1.54, 1.807) is 30.7 Å². The molecule has 0 radical (unpaired) electrons. The highest BCUT2D eigenvalue weighted by atomic mass is 35.5. The molecule has 0 aliphatic carbocycles. The van der Waals surface area contributed by atoms with Gasteiger partial charge in [-0.3, -0.25) is 4.79 Å². The van der Waals surface area contributed by atoms with E-state index in [0.29, 0.717) is 53.4 Å². The van der Waals surface area contributed by atoms with Gasteiger partial charge in [-0.2, -0.15) is 5.26 Å². The second kappa shape index (κ2) is 18.9. The lowest BCUT2D eigenvalue weighted by Gasteiger charge is -2.31. The van der Waals surface area contributed by atoms with E-state index < -0.39 is 0 Å². The Labute approximate surface area is 330 Å². The van der Waals surface area contributed by atoms with Crippen LogP contribution in [-0.2, 0) is 37.3 Å². The molecule has 0 fully saturated rings. The zero-order valence-electron chi connectivity index (χ0n) is 29.4. The molecule has 54 heavy (non-hydrogen) atoms. The second-order valence-corrected chi connectivity index (χ2v) is 13.9. The van der Waals surface area contributed by atoms with E-state index in [2.05, 4.69) is 21.7 Å². The zero-order chi connectivity index (χ0) is 37.7. The topological polar surface area (TPSA) is 95.2 Å². The van der Waals surface area contributed by atoms with Gasteiger partial charge in [-0.05, 0) is 83.4 Å². The molecule has 11 heteroatoms. The number of benzene rings is 5. The fraction of sp³-hybridized carbons (Fsp3) is 0.163. The van der Waals surface area contributed by atoms with Crippen LogP contribution in [0, 0.1) is 11.3 Å². The first kappa shape index (κ1) is 38.1. The van der Waals surface area contributed by atoms with Crippen LogP contribution in [0.2, 0.25) is 10.0 Å². The highest BCUT2D eigenvalue weighted by molar-refractivity contribution is 7.80. The van der Waals surface area contributed by atoms with E-state index in [-0.39, 0.29) is 18.4 Å². The van der Waals surface area contributed by atoms with Gasteiger partial charge >= 0.3 is 0 Å². The summed E-state index contributed by atoms with van der Waals surface area (Å²) < 4.78 is 7.97. The summed E-state index contributed by atoms with van der Waals surface area (Å²) >= 11 is 19.1. The van der Waals surface area contributed by atoms with E-state index in [4.69, 9.17) is 40.2 Å². The van der Waals surface area contributed by atoms with E-state index in [1.807, 2.05) is 119 Å². The molecule has 0 saturated carbocycles. The lowest BCUT2D eigenvalue weighted by Crippen LogP contribution is -2.48. The molecule has 1 amide bonds. The zero-order valence-corrected chi connectivity index (χ0v) is 31.7. The average Bonchev–Trinajstić information content (AvgIpc) is 3.62. The summed E-state index contributed by atoms with van der Waals surface area (Å²) in [6.45, 7) is 1.70. The summed E-state index contributed by atoms with van der Waals surface area (Å²) in [5, 5.41) is 17.2. The van der Waals surface area contributed by atoms with E-state index in [9.17, 15) is 10.1 Å². The highest BCUT2D eigenvalue weighted by Crippen LogP contribution is 2.27. The number of carbonyl (C=O) groups is 1. The number of imidazole rings is 1. The first-order chi connectivity index (χ1) is 26.3. The molecule has 0 aliphatic rings. The number of para-hydroxylation sites is 1. The first-order valence-corrected chi connectivity index (χ1v) is 18.6. The van der Waals surface area contributed by atoms with E-state index in [1.165, 1.54) is 0 Å². The van der Waals surface area contributed by atoms with Crippen molar-refractivity contribution >= 4 is 52.1 Å². The fourth-order valence-electron chi connectivity index (χ4n) is 5.96. The number of nitrogens with one attached hydrogen (secondary N) is 2. The maximum absolute atomic E-state index is 13.9. The Morgan fingerprint density at radius 1 is 0.870 bits per heavy atom. The van der Waals surface area contributed by atoms with Gasteiger partial charge in [-0.15, -0.1) is 0 Å². The lowest BCUT2D eigenvalue weighted by molar-refractivity contribution is -0.121. The van der Waals surface area contributed by atoms with Crippen LogP contribution in [0.5, 0.6) is 5.75 Å². The quantitative estimate of drug-likeness (QED) is 0.101. The minimum atomic E-state index is -0.364. The SMILES string of the molecule is N#Cc1ccc(Cn2cncc2CC(=O)N[C@@H](Cc2ccc(OCc3ccccc3)cc2)CN(Cc2cccc(Cl)c2Cl)C(=S)Nc2ccccc2)cc1. The van der Waals surface area contributed by atoms with Crippen LogP contribution in [0.3, 0.4) is 0 Å². The van der Waals surface area contributed by atoms with Gasteiger partial charge in [-0.25, -0.2) is 4.98 Å². The predicted molar refractivity (Wildman–Crippen MR) is 219 cm³/mol. The number of nitriles is 1. The van der Waals surface area contributed by atoms with Gasteiger partial charge in [0.2, 0.25) is 5.91 Å². The number of carbonyl (C=O) groups excluding carboxylic acids is 1. The predicted octanol–water partition coefficient (Wildman–Crippen LogP) is 8.86. The number of ether oxygens (including phenoxy) is 1. The Hall–Kier alpha value is -5.66. The Morgan fingerprint density at radius 3 is 2.30 bits per heavy atom. The van der Waals surface area contributed by atoms with Crippen molar-refractivity contribution in [3.63, 3.8) is 0 Å². The maximum atomic E-state index is 13.9. The Bertz CT molecular complexity index is 2190. The van der Waals surface area contributed by atoms with E-state index >= 15 is 0 Å². The minimum Gasteiger partial charge on any atom is -0.489 e. The van der Waals surface area contributed by atoms with Gasteiger partial charge in [-0.1, -0.05) is 108 Å². The van der Waals surface area contributed by atoms with Crippen LogP contribution >= 0.6 is 35.4 Å². The number of amides is 1. The van der Waals surface area contributed by atoms with Crippen molar-refractivity contribution in [1.29, 1.82) is 5.26 Å². The molecule has 0 saturated heterocycles. The summed E-state index contributed by atoms with van der Waals surface area (Å²) in [7, 11) is 0. The molecule has 1 heterocycles. The third kappa shape index (κ3) is 10.9. The van der Waals surface area contributed by atoms with E-state index in [0.717, 1.165) is 39.4 Å². The third-order valence-electron chi connectivity index (χ3n) is 8.74. The lowest BCUT2D eigenvalue weighted by atomic mass is 10.0. The van der Waals surface area contributed by atoms with Crippen LogP contribution < -0.4 is 15.4 Å². The number of hydrogen-bond acceptors (Lipinski definition) is 5. The fourth-order valence-corrected chi connectivity index (χ4v) is 6.59. The van der Waals surface area contributed by atoms with Crippen LogP contribution in [0.15, 0.2) is 140 Å². The molecule has 2 N–H and O–H groups in total. The second-order valence-electron chi connectivity index (χ2n) is 12.8. The molecular formula is C43H38Cl2N6O2S. The van der Waals surface area contributed by atoms with Crippen molar-refractivity contribution in [3.05, 3.63) is 183 Å². The Kier molecular flexibility index (Phi) is 13.3. The summed E-state index contributed by atoms with van der Waals surface area (Å²) in [5.74, 6) is 0.594. The number of halogens is 2. The molecule has 6 aromatic rings. The summed E-state index contributed by atoms with van der Waals surface area (Å²) in [5.41, 5.74) is 6.10. The van der Waals surface area contributed by atoms with Crippen molar-refractivity contribution in [2.75, 3.05) is 11.9 Å². The van der Waals surface area contributed by atoms with Crippen LogP contribution in [-0.4, -0.2) is 38.1 Å². The number of hydrogen-bond donors (Lipinski definition) is 2. The van der Waals surface area contributed by atoms with Crippen LogP contribution in [0.4, 0.5) is 5.69 Å². The standard InChI is InChI=1S/C43H38Cl2N6O2S/c44-40-13-7-10-35(42(40)45)27-50(43(54)49-36-11-5-2-6-12-36)28-37(22-31-18-20-39(21-19-31)53-29-34-8-3-1-4-9-34)48-41(52)23-38-25-47-30-51(38)26-33-16-14-32(24-46)15-17-33/h1-21,25,30,37H,22-23,26-29H2,(H,48,52)(H,49,54)/t37-/m0/s1. The molecular weight excluding hydrogens is 735 g/mol. The number of thiocarbonyl (C=S) groups is 1. The molecule has 0 spiro atoms. The van der Waals surface area contributed by atoms with Crippen LogP contribution in [0.1, 0.15) is 33.5 Å². The molecule has 1 atom stereocenters. The monoisotopic (exact) mass is 772 g/mol. The van der Waals surface area contributed by atoms with Gasteiger partial charge in [0.25, 0.3) is 0 Å². The van der Waals surface area contributed by atoms with Crippen molar-refractivity contribution in [1.82, 2.24) is 19.8 Å². The summed E-state index contributed by atoms with van der Waals surface area (Å²) in [6.07, 6.45) is 4.05. The molecule has 8 nitrogen and oxygen atoms in total. The third-order valence-corrected chi connectivity index (χ3v) is 9.96. The minimum absolute atomic E-state index is 0.117. The smallest absolute Gasteiger partial charge is 0.226 e. The summed E-state index contributed by atoms with van der Waals surface area (Å²) in [6, 6.07) is 42.3. The molecule has 0 bridgehead atoms. The highest BCUT2D eigenvalue weighted by Gasteiger charge is 2.22. The molecule has 6 rings (SSSR count). The molecule has 272 valence electrons. The maximum Gasteiger partial charge on any atom is 0.226 e.